The van der Waals surface area contributed by atoms with Crippen LogP contribution in [0, 0.1) is 11.3 Å². The smallest absolute Gasteiger partial charge is 0.254 e. The Labute approximate surface area is 130 Å². The average molecular weight is 303 g/mol. The minimum atomic E-state index is -0.517. The van der Waals surface area contributed by atoms with Gasteiger partial charge in [0.1, 0.15) is 17.9 Å². The molecular formula is C16H21N3O3. The van der Waals surface area contributed by atoms with Gasteiger partial charge in [0, 0.05) is 11.6 Å². The lowest BCUT2D eigenvalue weighted by Crippen LogP contribution is -2.16. The van der Waals surface area contributed by atoms with Crippen molar-refractivity contribution in [1.82, 2.24) is 5.43 Å². The Bertz CT molecular complexity index is 577. The Morgan fingerprint density at radius 2 is 2.09 bits per heavy atom. The summed E-state index contributed by atoms with van der Waals surface area (Å²) in [7, 11) is 0. The molecule has 1 rings (SSSR count). The van der Waals surface area contributed by atoms with Crippen LogP contribution in [0.4, 0.5) is 0 Å². The molecule has 0 saturated carbocycles. The number of rotatable bonds is 8. The van der Waals surface area contributed by atoms with Crippen LogP contribution in [-0.4, -0.2) is 22.3 Å². The molecule has 6 heteroatoms. The van der Waals surface area contributed by atoms with Crippen LogP contribution in [0.1, 0.15) is 50.2 Å². The minimum Gasteiger partial charge on any atom is -0.508 e. The zero-order valence-electron chi connectivity index (χ0n) is 12.7. The monoisotopic (exact) mass is 303 g/mol. The van der Waals surface area contributed by atoms with E-state index in [1.54, 1.807) is 12.1 Å². The third-order valence-electron chi connectivity index (χ3n) is 3.16. The van der Waals surface area contributed by atoms with Gasteiger partial charge in [-0.15, -0.1) is 0 Å². The van der Waals surface area contributed by atoms with Crippen LogP contribution in [-0.2, 0) is 11.2 Å². The van der Waals surface area contributed by atoms with Gasteiger partial charge in [0.25, 0.3) is 5.91 Å². The number of hydrogen-bond donors (Lipinski definition) is 3. The van der Waals surface area contributed by atoms with E-state index in [2.05, 4.69) is 17.5 Å². The molecule has 3 N–H and O–H groups in total. The Morgan fingerprint density at radius 3 is 2.77 bits per heavy atom. The third kappa shape index (κ3) is 5.83. The molecule has 1 amide bonds. The summed E-state index contributed by atoms with van der Waals surface area (Å²) >= 11 is 0. The molecule has 0 aromatic heterocycles. The van der Waals surface area contributed by atoms with E-state index < -0.39 is 5.91 Å². The van der Waals surface area contributed by atoms with Gasteiger partial charge in [-0.25, -0.2) is 5.43 Å². The van der Waals surface area contributed by atoms with Gasteiger partial charge < -0.3 is 10.2 Å². The summed E-state index contributed by atoms with van der Waals surface area (Å²) in [6.45, 7) is 2.13. The fraction of sp³-hybridized carbons (Fsp3) is 0.438. The van der Waals surface area contributed by atoms with Gasteiger partial charge in [-0.05, 0) is 24.5 Å². The number of nitrogens with zero attached hydrogens (tertiary/aromatic N) is 2. The molecule has 0 heterocycles. The fourth-order valence-corrected chi connectivity index (χ4v) is 1.97. The standard InChI is InChI=1S/C16H21N3O3/c1-2-3-4-5-6-12-9-13(15(21)10-14(12)20)11-18-19-16(22)7-8-17/h9-11,20-21H,2-7H2,1H3,(H,19,22)/b18-11+. The van der Waals surface area contributed by atoms with Crippen molar-refractivity contribution in [1.29, 1.82) is 5.26 Å². The van der Waals surface area contributed by atoms with Crippen molar-refractivity contribution in [3.63, 3.8) is 0 Å². The van der Waals surface area contributed by atoms with Crippen molar-refractivity contribution in [3.05, 3.63) is 23.3 Å². The van der Waals surface area contributed by atoms with Gasteiger partial charge >= 0.3 is 0 Å². The first-order chi connectivity index (χ1) is 10.6. The van der Waals surface area contributed by atoms with E-state index >= 15 is 0 Å². The minimum absolute atomic E-state index is 0.0552. The molecule has 6 nitrogen and oxygen atoms in total. The number of aryl methyl sites for hydroxylation is 1. The van der Waals surface area contributed by atoms with Gasteiger partial charge in [-0.2, -0.15) is 10.4 Å². The van der Waals surface area contributed by atoms with E-state index in [1.165, 1.54) is 12.3 Å². The van der Waals surface area contributed by atoms with E-state index in [4.69, 9.17) is 5.26 Å². The van der Waals surface area contributed by atoms with Crippen molar-refractivity contribution >= 4 is 12.1 Å². The number of carbonyl (C=O) groups is 1. The van der Waals surface area contributed by atoms with Crippen molar-refractivity contribution in [2.24, 2.45) is 5.10 Å². The predicted molar refractivity (Wildman–Crippen MR) is 83.6 cm³/mol. The Morgan fingerprint density at radius 1 is 1.32 bits per heavy atom. The molecule has 118 valence electrons. The van der Waals surface area contributed by atoms with Gasteiger partial charge in [0.15, 0.2) is 0 Å². The summed E-state index contributed by atoms with van der Waals surface area (Å²) in [5.41, 5.74) is 3.33. The summed E-state index contributed by atoms with van der Waals surface area (Å²) in [5, 5.41) is 31.7. The van der Waals surface area contributed by atoms with Crippen LogP contribution in [0.2, 0.25) is 0 Å². The first-order valence-electron chi connectivity index (χ1n) is 7.32. The van der Waals surface area contributed by atoms with E-state index in [-0.39, 0.29) is 17.9 Å². The fourth-order valence-electron chi connectivity index (χ4n) is 1.97. The van der Waals surface area contributed by atoms with Gasteiger partial charge in [-0.3, -0.25) is 4.79 Å². The number of nitriles is 1. The first kappa shape index (κ1) is 17.5. The number of hydrazone groups is 1. The van der Waals surface area contributed by atoms with Crippen molar-refractivity contribution in [2.75, 3.05) is 0 Å². The SMILES string of the molecule is CCCCCCc1cc(/C=N/NC(=O)CC#N)c(O)cc1O. The summed E-state index contributed by atoms with van der Waals surface area (Å²) < 4.78 is 0. The number of aromatic hydroxyl groups is 2. The van der Waals surface area contributed by atoms with E-state index in [9.17, 15) is 15.0 Å². The molecule has 0 spiro atoms. The second kappa shape index (κ2) is 9.40. The molecule has 0 aliphatic heterocycles. The van der Waals surface area contributed by atoms with Crippen LogP contribution >= 0.6 is 0 Å². The Hall–Kier alpha value is -2.55. The topological polar surface area (TPSA) is 106 Å². The predicted octanol–water partition coefficient (Wildman–Crippen LogP) is 2.58. The molecule has 0 aliphatic rings. The molecule has 0 radical (unpaired) electrons. The molecule has 0 bridgehead atoms. The van der Waals surface area contributed by atoms with Crippen LogP contribution in [0.15, 0.2) is 17.2 Å². The first-order valence-corrected chi connectivity index (χ1v) is 7.32. The number of carbonyl (C=O) groups excluding carboxylic acids is 1. The maximum absolute atomic E-state index is 11.1. The number of phenolic OH excluding ortho intramolecular Hbond substituents is 2. The quantitative estimate of drug-likeness (QED) is 0.390. The van der Waals surface area contributed by atoms with E-state index in [1.807, 2.05) is 0 Å². The number of phenols is 2. The van der Waals surface area contributed by atoms with E-state index in [0.29, 0.717) is 12.0 Å². The summed E-state index contributed by atoms with van der Waals surface area (Å²) in [6, 6.07) is 4.63. The molecule has 22 heavy (non-hydrogen) atoms. The second-order valence-electron chi connectivity index (χ2n) is 4.98. The number of unbranched alkanes of at least 4 members (excludes halogenated alkanes) is 3. The van der Waals surface area contributed by atoms with Crippen LogP contribution < -0.4 is 5.43 Å². The summed E-state index contributed by atoms with van der Waals surface area (Å²) in [5.74, 6) is -0.579. The number of amides is 1. The summed E-state index contributed by atoms with van der Waals surface area (Å²) in [4.78, 5) is 11.1. The molecule has 1 aromatic rings. The highest BCUT2D eigenvalue weighted by atomic mass is 16.3. The maximum atomic E-state index is 11.1. The van der Waals surface area contributed by atoms with Gasteiger partial charge in [-0.1, -0.05) is 26.2 Å². The highest BCUT2D eigenvalue weighted by Crippen LogP contribution is 2.27. The Balaban J connectivity index is 2.72. The van der Waals surface area contributed by atoms with Crippen LogP contribution in [0.3, 0.4) is 0 Å². The molecule has 0 atom stereocenters. The molecule has 0 aliphatic carbocycles. The zero-order chi connectivity index (χ0) is 16.4. The number of benzene rings is 1. The van der Waals surface area contributed by atoms with Crippen molar-refractivity contribution in [2.45, 2.75) is 45.4 Å². The Kier molecular flexibility index (Phi) is 7.48. The second-order valence-corrected chi connectivity index (χ2v) is 4.98. The van der Waals surface area contributed by atoms with Crippen LogP contribution in [0.5, 0.6) is 11.5 Å². The van der Waals surface area contributed by atoms with Crippen LogP contribution in [0.25, 0.3) is 0 Å². The molecular weight excluding hydrogens is 282 g/mol. The number of nitrogens with one attached hydrogen (secondary N) is 1. The van der Waals surface area contributed by atoms with Gasteiger partial charge in [0.2, 0.25) is 0 Å². The number of hydrogen-bond acceptors (Lipinski definition) is 5. The maximum Gasteiger partial charge on any atom is 0.254 e. The van der Waals surface area contributed by atoms with Crippen molar-refractivity contribution in [3.8, 4) is 17.6 Å². The van der Waals surface area contributed by atoms with Gasteiger partial charge in [0.05, 0.1) is 12.3 Å². The van der Waals surface area contributed by atoms with E-state index in [0.717, 1.165) is 31.2 Å². The largest absolute Gasteiger partial charge is 0.508 e. The normalized spacial score (nSPS) is 10.5. The highest BCUT2D eigenvalue weighted by molar-refractivity contribution is 5.86. The zero-order valence-corrected chi connectivity index (χ0v) is 12.7. The molecule has 0 saturated heterocycles. The third-order valence-corrected chi connectivity index (χ3v) is 3.16. The molecule has 1 aromatic carbocycles. The average Bonchev–Trinajstić information content (AvgIpc) is 2.47. The van der Waals surface area contributed by atoms with Crippen molar-refractivity contribution < 1.29 is 15.0 Å². The summed E-state index contributed by atoms with van der Waals surface area (Å²) in [6.07, 6.45) is 6.07. The lowest BCUT2D eigenvalue weighted by Gasteiger charge is -2.07. The molecule has 0 fully saturated rings. The molecule has 0 unspecified atom stereocenters. The lowest BCUT2D eigenvalue weighted by molar-refractivity contribution is -0.120. The highest BCUT2D eigenvalue weighted by Gasteiger charge is 2.07. The lowest BCUT2D eigenvalue weighted by atomic mass is 10.0.